The van der Waals surface area contributed by atoms with Crippen molar-refractivity contribution >= 4 is 28.8 Å². The van der Waals surface area contributed by atoms with Crippen LogP contribution in [-0.2, 0) is 4.79 Å². The molecule has 0 saturated carbocycles. The molecule has 0 aliphatic carbocycles. The molecule has 3 aliphatic heterocycles. The van der Waals surface area contributed by atoms with E-state index in [9.17, 15) is 9.59 Å². The number of piperidine rings is 3. The molecule has 1 aromatic heterocycles. The van der Waals surface area contributed by atoms with Crippen LogP contribution in [0.5, 0.6) is 0 Å². The molecule has 26 heavy (non-hydrogen) atoms. The van der Waals surface area contributed by atoms with Crippen molar-refractivity contribution in [1.29, 1.82) is 0 Å². The average Bonchev–Trinajstić information content (AvgIpc) is 3.13. The summed E-state index contributed by atoms with van der Waals surface area (Å²) in [6.45, 7) is 4.76. The first-order chi connectivity index (χ1) is 12.6. The number of benzene rings is 1. The minimum absolute atomic E-state index is 0.0742. The summed E-state index contributed by atoms with van der Waals surface area (Å²) in [5.74, 6) is 0.432. The van der Waals surface area contributed by atoms with Crippen molar-refractivity contribution < 1.29 is 9.59 Å². The van der Waals surface area contributed by atoms with Gasteiger partial charge in [0.1, 0.15) is 0 Å². The van der Waals surface area contributed by atoms with Crippen LogP contribution in [-0.4, -0.2) is 47.4 Å². The highest BCUT2D eigenvalue weighted by molar-refractivity contribution is 7.16. The van der Waals surface area contributed by atoms with Gasteiger partial charge in [-0.3, -0.25) is 9.59 Å². The van der Waals surface area contributed by atoms with Gasteiger partial charge in [0.05, 0.1) is 4.88 Å². The van der Waals surface area contributed by atoms with Crippen LogP contribution in [0.3, 0.4) is 0 Å². The number of fused-ring (bicyclic) bond motifs is 3. The molecule has 2 aromatic rings. The van der Waals surface area contributed by atoms with Crippen molar-refractivity contribution in [2.24, 2.45) is 5.92 Å². The summed E-state index contributed by atoms with van der Waals surface area (Å²) in [5.41, 5.74) is 1.74. The fourth-order valence-corrected chi connectivity index (χ4v) is 4.62. The molecular weight excluding hydrogens is 348 g/mol. The first-order valence-corrected chi connectivity index (χ1v) is 9.77. The van der Waals surface area contributed by atoms with Crippen LogP contribution in [0.2, 0.25) is 0 Å². The number of amides is 2. The highest BCUT2D eigenvalue weighted by Gasteiger charge is 2.35. The number of anilines is 1. The highest BCUT2D eigenvalue weighted by atomic mass is 32.1. The maximum Gasteiger partial charge on any atom is 0.280 e. The van der Waals surface area contributed by atoms with E-state index in [0.717, 1.165) is 35.8 Å². The highest BCUT2D eigenvalue weighted by Crippen LogP contribution is 2.29. The van der Waals surface area contributed by atoms with Gasteiger partial charge in [-0.2, -0.15) is 0 Å². The molecule has 2 N–H and O–H groups in total. The monoisotopic (exact) mass is 370 g/mol. The molecular formula is C19H22N4O2S. The zero-order valence-corrected chi connectivity index (χ0v) is 15.5. The maximum absolute atomic E-state index is 12.6. The van der Waals surface area contributed by atoms with Crippen LogP contribution < -0.4 is 10.6 Å². The second kappa shape index (κ2) is 7.17. The van der Waals surface area contributed by atoms with Gasteiger partial charge in [-0.05, 0) is 49.5 Å². The Bertz CT molecular complexity index is 809. The number of nitrogens with zero attached hydrogens (tertiary/aromatic N) is 2. The number of aromatic nitrogens is 1. The third-order valence-corrected chi connectivity index (χ3v) is 6.21. The number of hydrogen-bond acceptors (Lipinski definition) is 5. The fourth-order valence-electron chi connectivity index (χ4n) is 3.79. The van der Waals surface area contributed by atoms with E-state index in [4.69, 9.17) is 0 Å². The topological polar surface area (TPSA) is 74.3 Å². The minimum Gasteiger partial charge on any atom is -0.346 e. The van der Waals surface area contributed by atoms with Gasteiger partial charge in [0.25, 0.3) is 5.91 Å². The third-order valence-electron chi connectivity index (χ3n) is 5.16. The molecule has 4 heterocycles. The molecule has 1 aromatic carbocycles. The molecule has 0 unspecified atom stereocenters. The van der Waals surface area contributed by atoms with Gasteiger partial charge >= 0.3 is 0 Å². The van der Waals surface area contributed by atoms with Crippen LogP contribution in [0.1, 0.15) is 29.6 Å². The van der Waals surface area contributed by atoms with E-state index in [0.29, 0.717) is 10.9 Å². The zero-order valence-electron chi connectivity index (χ0n) is 14.7. The van der Waals surface area contributed by atoms with Crippen molar-refractivity contribution in [3.63, 3.8) is 0 Å². The normalized spacial score (nSPS) is 24.3. The van der Waals surface area contributed by atoms with Crippen molar-refractivity contribution in [1.82, 2.24) is 15.2 Å². The minimum atomic E-state index is -0.0951. The Balaban J connectivity index is 1.42. The predicted octanol–water partition coefficient (Wildman–Crippen LogP) is 2.59. The number of hydrogen-bond donors (Lipinski definition) is 2. The average molecular weight is 370 g/mol. The molecule has 3 fully saturated rings. The number of carbonyl (C=O) groups excluding carboxylic acids is 2. The van der Waals surface area contributed by atoms with E-state index in [2.05, 4.69) is 20.5 Å². The smallest absolute Gasteiger partial charge is 0.280 e. The van der Waals surface area contributed by atoms with Gasteiger partial charge in [0.2, 0.25) is 5.91 Å². The molecule has 0 spiro atoms. The Morgan fingerprint density at radius 1 is 1.19 bits per heavy atom. The van der Waals surface area contributed by atoms with Crippen LogP contribution >= 0.6 is 11.3 Å². The Hall–Kier alpha value is -2.25. The lowest BCUT2D eigenvalue weighted by atomic mass is 9.84. The predicted molar refractivity (Wildman–Crippen MR) is 102 cm³/mol. The van der Waals surface area contributed by atoms with Crippen molar-refractivity contribution in [2.75, 3.05) is 25.0 Å². The second-order valence-electron chi connectivity index (χ2n) is 7.01. The van der Waals surface area contributed by atoms with Crippen molar-refractivity contribution in [2.45, 2.75) is 25.8 Å². The quantitative estimate of drug-likeness (QED) is 0.868. The standard InChI is InChI=1S/C19H22N4O2S/c1-12(24)21-15-4-2-14(3-5-15)17-10-20-19(26-17)18(25)22-16-11-23-8-6-13(16)7-9-23/h2-5,10,13,16H,6-9,11H2,1H3,(H,21,24)(H,22,25)/t16-/m0/s1. The molecule has 5 rings (SSSR count). The summed E-state index contributed by atoms with van der Waals surface area (Å²) in [5, 5.41) is 6.43. The Morgan fingerprint density at radius 2 is 1.92 bits per heavy atom. The van der Waals surface area contributed by atoms with Crippen molar-refractivity contribution in [3.8, 4) is 10.4 Å². The molecule has 0 radical (unpaired) electrons. The lowest BCUT2D eigenvalue weighted by Crippen LogP contribution is -2.57. The Kier molecular flexibility index (Phi) is 4.74. The number of rotatable bonds is 4. The summed E-state index contributed by atoms with van der Waals surface area (Å²) in [4.78, 5) is 31.4. The fraction of sp³-hybridized carbons (Fsp3) is 0.421. The lowest BCUT2D eigenvalue weighted by Gasteiger charge is -2.44. The SMILES string of the molecule is CC(=O)Nc1ccc(-c2cnc(C(=O)N[C@H]3CN4CCC3CC4)s2)cc1. The van der Waals surface area contributed by atoms with Crippen molar-refractivity contribution in [3.05, 3.63) is 35.5 Å². The van der Waals surface area contributed by atoms with Crippen LogP contribution in [0, 0.1) is 5.92 Å². The molecule has 3 saturated heterocycles. The molecule has 136 valence electrons. The Labute approximate surface area is 156 Å². The molecule has 2 bridgehead atoms. The Morgan fingerprint density at radius 3 is 2.54 bits per heavy atom. The third kappa shape index (κ3) is 3.64. The van der Waals surface area contributed by atoms with Crippen LogP contribution in [0.25, 0.3) is 10.4 Å². The van der Waals surface area contributed by atoms with Gasteiger partial charge < -0.3 is 15.5 Å². The first-order valence-electron chi connectivity index (χ1n) is 8.95. The summed E-state index contributed by atoms with van der Waals surface area (Å²) in [6.07, 6.45) is 4.09. The van der Waals surface area contributed by atoms with Gasteiger partial charge in [0.15, 0.2) is 5.01 Å². The summed E-state index contributed by atoms with van der Waals surface area (Å²) >= 11 is 1.40. The number of nitrogens with one attached hydrogen (secondary N) is 2. The summed E-state index contributed by atoms with van der Waals surface area (Å²) in [6, 6.07) is 7.79. The van der Waals surface area contributed by atoms with Gasteiger partial charge in [0, 0.05) is 31.4 Å². The first kappa shape index (κ1) is 17.2. The van der Waals surface area contributed by atoms with E-state index in [-0.39, 0.29) is 17.9 Å². The van der Waals surface area contributed by atoms with Crippen LogP contribution in [0.4, 0.5) is 5.69 Å². The van der Waals surface area contributed by atoms with E-state index >= 15 is 0 Å². The molecule has 7 heteroatoms. The van der Waals surface area contributed by atoms with E-state index < -0.39 is 0 Å². The van der Waals surface area contributed by atoms with Gasteiger partial charge in [-0.15, -0.1) is 11.3 Å². The van der Waals surface area contributed by atoms with Gasteiger partial charge in [-0.25, -0.2) is 4.98 Å². The zero-order chi connectivity index (χ0) is 18.1. The molecule has 6 nitrogen and oxygen atoms in total. The largest absolute Gasteiger partial charge is 0.346 e. The van der Waals surface area contributed by atoms with E-state index in [1.54, 1.807) is 6.20 Å². The molecule has 3 aliphatic rings. The molecule has 2 amide bonds. The maximum atomic E-state index is 12.6. The molecule has 1 atom stereocenters. The van der Waals surface area contributed by atoms with E-state index in [1.165, 1.54) is 31.1 Å². The van der Waals surface area contributed by atoms with E-state index in [1.807, 2.05) is 24.3 Å². The second-order valence-corrected chi connectivity index (χ2v) is 8.04. The number of carbonyl (C=O) groups is 2. The number of thiazole rings is 1. The summed E-state index contributed by atoms with van der Waals surface area (Å²) < 4.78 is 0. The summed E-state index contributed by atoms with van der Waals surface area (Å²) in [7, 11) is 0. The lowest BCUT2D eigenvalue weighted by molar-refractivity contribution is -0.114. The van der Waals surface area contributed by atoms with Gasteiger partial charge in [-0.1, -0.05) is 12.1 Å². The van der Waals surface area contributed by atoms with Crippen LogP contribution in [0.15, 0.2) is 30.5 Å².